The molecule has 0 saturated heterocycles. The summed E-state index contributed by atoms with van der Waals surface area (Å²) in [5.41, 5.74) is 4.43. The van der Waals surface area contributed by atoms with Crippen molar-refractivity contribution in [2.45, 2.75) is 65.8 Å². The SMILES string of the molecule is CC(=O)c1ccc(CCCC(Nc2ccccn2)c2ccccc2)cc1C.CCCC. The first kappa shape index (κ1) is 24.3. The number of rotatable bonds is 9. The van der Waals surface area contributed by atoms with Gasteiger partial charge in [-0.25, -0.2) is 4.98 Å². The molecule has 2 aromatic carbocycles. The molecule has 0 aliphatic heterocycles. The number of aryl methyl sites for hydroxylation is 2. The second kappa shape index (κ2) is 13.4. The van der Waals surface area contributed by atoms with Crippen LogP contribution in [-0.4, -0.2) is 10.8 Å². The topological polar surface area (TPSA) is 42.0 Å². The Bertz CT molecular complexity index is 905. The third-order valence-corrected chi connectivity index (χ3v) is 5.32. The molecule has 31 heavy (non-hydrogen) atoms. The number of aromatic nitrogens is 1. The Morgan fingerprint density at radius 2 is 1.68 bits per heavy atom. The van der Waals surface area contributed by atoms with Crippen molar-refractivity contribution in [2.75, 3.05) is 5.32 Å². The normalized spacial score (nSPS) is 11.2. The summed E-state index contributed by atoms with van der Waals surface area (Å²) in [4.78, 5) is 16.0. The molecule has 1 aromatic heterocycles. The van der Waals surface area contributed by atoms with E-state index in [-0.39, 0.29) is 11.8 Å². The maximum atomic E-state index is 11.6. The van der Waals surface area contributed by atoms with Gasteiger partial charge in [0.25, 0.3) is 0 Å². The fraction of sp³-hybridized carbons (Fsp3) is 0.357. The molecule has 0 fully saturated rings. The summed E-state index contributed by atoms with van der Waals surface area (Å²) in [5, 5.41) is 3.56. The molecule has 3 rings (SSSR count). The van der Waals surface area contributed by atoms with Crippen LogP contribution in [0.2, 0.25) is 0 Å². The van der Waals surface area contributed by atoms with Gasteiger partial charge in [-0.15, -0.1) is 0 Å². The predicted molar refractivity (Wildman–Crippen MR) is 132 cm³/mol. The van der Waals surface area contributed by atoms with Crippen molar-refractivity contribution in [1.29, 1.82) is 0 Å². The minimum absolute atomic E-state index is 0.128. The lowest BCUT2D eigenvalue weighted by atomic mass is 9.96. The van der Waals surface area contributed by atoms with E-state index in [1.54, 1.807) is 6.92 Å². The lowest BCUT2D eigenvalue weighted by molar-refractivity contribution is 0.101. The molecule has 3 nitrogen and oxygen atoms in total. The molecular weight excluding hydrogens is 380 g/mol. The minimum Gasteiger partial charge on any atom is -0.363 e. The lowest BCUT2D eigenvalue weighted by Crippen LogP contribution is -2.12. The first-order valence-electron chi connectivity index (χ1n) is 11.4. The Morgan fingerprint density at radius 1 is 0.968 bits per heavy atom. The van der Waals surface area contributed by atoms with Gasteiger partial charge in [0.2, 0.25) is 0 Å². The zero-order chi connectivity index (χ0) is 22.5. The van der Waals surface area contributed by atoms with Crippen molar-refractivity contribution in [2.24, 2.45) is 0 Å². The molecule has 1 N–H and O–H groups in total. The minimum atomic E-state index is 0.128. The van der Waals surface area contributed by atoms with Crippen LogP contribution in [-0.2, 0) is 6.42 Å². The molecule has 3 aromatic rings. The molecule has 1 heterocycles. The molecule has 1 atom stereocenters. The number of benzene rings is 2. The molecule has 164 valence electrons. The molecular formula is C28H36N2O. The fourth-order valence-corrected chi connectivity index (χ4v) is 3.42. The van der Waals surface area contributed by atoms with Crippen LogP contribution in [0.4, 0.5) is 5.82 Å². The monoisotopic (exact) mass is 416 g/mol. The third kappa shape index (κ3) is 8.37. The number of pyridine rings is 1. The number of hydrogen-bond acceptors (Lipinski definition) is 3. The first-order chi connectivity index (χ1) is 15.0. The molecule has 0 saturated carbocycles. The van der Waals surface area contributed by atoms with Crippen LogP contribution in [0.25, 0.3) is 0 Å². The zero-order valence-electron chi connectivity index (χ0n) is 19.4. The Morgan fingerprint density at radius 3 is 2.26 bits per heavy atom. The summed E-state index contributed by atoms with van der Waals surface area (Å²) in [5.74, 6) is 1.02. The molecule has 3 heteroatoms. The molecule has 0 spiro atoms. The predicted octanol–water partition coefficient (Wildman–Crippen LogP) is 7.58. The van der Waals surface area contributed by atoms with Crippen LogP contribution in [0.15, 0.2) is 72.9 Å². The molecule has 0 aliphatic carbocycles. The van der Waals surface area contributed by atoms with Gasteiger partial charge < -0.3 is 5.32 Å². The van der Waals surface area contributed by atoms with E-state index in [2.05, 4.69) is 60.5 Å². The van der Waals surface area contributed by atoms with Crippen LogP contribution < -0.4 is 5.32 Å². The van der Waals surface area contributed by atoms with Crippen LogP contribution in [0.5, 0.6) is 0 Å². The van der Waals surface area contributed by atoms with Crippen molar-refractivity contribution >= 4 is 11.6 Å². The Labute approximate surface area is 187 Å². The summed E-state index contributed by atoms with van der Waals surface area (Å²) in [7, 11) is 0. The summed E-state index contributed by atoms with van der Waals surface area (Å²) >= 11 is 0. The van der Waals surface area contributed by atoms with Gasteiger partial charge in [0, 0.05) is 11.8 Å². The number of anilines is 1. The van der Waals surface area contributed by atoms with Crippen molar-refractivity contribution in [3.63, 3.8) is 0 Å². The molecule has 0 aliphatic rings. The van der Waals surface area contributed by atoms with Gasteiger partial charge in [-0.2, -0.15) is 0 Å². The lowest BCUT2D eigenvalue weighted by Gasteiger charge is -2.20. The van der Waals surface area contributed by atoms with Crippen LogP contribution in [0.1, 0.15) is 79.5 Å². The van der Waals surface area contributed by atoms with Crippen LogP contribution in [0, 0.1) is 6.92 Å². The Balaban J connectivity index is 0.000000785. The van der Waals surface area contributed by atoms with Crippen molar-refractivity contribution in [3.05, 3.63) is 95.2 Å². The number of carbonyl (C=O) groups excluding carboxylic acids is 1. The highest BCUT2D eigenvalue weighted by Crippen LogP contribution is 2.24. The van der Waals surface area contributed by atoms with Gasteiger partial charge in [0.05, 0.1) is 6.04 Å². The highest BCUT2D eigenvalue weighted by Gasteiger charge is 2.12. The van der Waals surface area contributed by atoms with E-state index >= 15 is 0 Å². The van der Waals surface area contributed by atoms with Gasteiger partial charge in [0.1, 0.15) is 5.82 Å². The van der Waals surface area contributed by atoms with Crippen LogP contribution >= 0.6 is 0 Å². The summed E-state index contributed by atoms with van der Waals surface area (Å²) in [6.45, 7) is 7.99. The van der Waals surface area contributed by atoms with Crippen molar-refractivity contribution in [3.8, 4) is 0 Å². The molecule has 0 radical (unpaired) electrons. The number of unbranched alkanes of at least 4 members (excludes halogenated alkanes) is 1. The highest BCUT2D eigenvalue weighted by atomic mass is 16.1. The first-order valence-corrected chi connectivity index (χ1v) is 11.4. The van der Waals surface area contributed by atoms with E-state index in [1.807, 2.05) is 43.5 Å². The van der Waals surface area contributed by atoms with Gasteiger partial charge in [-0.3, -0.25) is 4.79 Å². The van der Waals surface area contributed by atoms with Gasteiger partial charge in [-0.1, -0.05) is 81.3 Å². The fourth-order valence-electron chi connectivity index (χ4n) is 3.42. The maximum Gasteiger partial charge on any atom is 0.160 e. The summed E-state index contributed by atoms with van der Waals surface area (Å²) in [6, 6.07) is 22.8. The van der Waals surface area contributed by atoms with E-state index in [0.717, 1.165) is 36.2 Å². The highest BCUT2D eigenvalue weighted by molar-refractivity contribution is 5.95. The smallest absolute Gasteiger partial charge is 0.160 e. The molecule has 0 amide bonds. The van der Waals surface area contributed by atoms with E-state index in [9.17, 15) is 4.79 Å². The number of hydrogen-bond donors (Lipinski definition) is 1. The van der Waals surface area contributed by atoms with Crippen molar-refractivity contribution < 1.29 is 4.79 Å². The molecule has 0 bridgehead atoms. The van der Waals surface area contributed by atoms with E-state index < -0.39 is 0 Å². The van der Waals surface area contributed by atoms with E-state index in [0.29, 0.717) is 0 Å². The largest absolute Gasteiger partial charge is 0.363 e. The zero-order valence-corrected chi connectivity index (χ0v) is 19.4. The number of nitrogens with one attached hydrogen (secondary N) is 1. The average molecular weight is 417 g/mol. The number of carbonyl (C=O) groups is 1. The number of nitrogens with zero attached hydrogens (tertiary/aromatic N) is 1. The second-order valence-electron chi connectivity index (χ2n) is 7.92. The quantitative estimate of drug-likeness (QED) is 0.366. The van der Waals surface area contributed by atoms with Gasteiger partial charge in [0.15, 0.2) is 5.78 Å². The second-order valence-corrected chi connectivity index (χ2v) is 7.92. The summed E-state index contributed by atoms with van der Waals surface area (Å²) in [6.07, 6.45) is 7.50. The average Bonchev–Trinajstić information content (AvgIpc) is 2.79. The number of Topliss-reactive ketones (excluding diaryl/α,β-unsaturated/α-hetero) is 1. The van der Waals surface area contributed by atoms with Gasteiger partial charge >= 0.3 is 0 Å². The molecule has 1 unspecified atom stereocenters. The standard InChI is InChI=1S/C24H26N2O.C4H10/c1-18-17-20(14-15-22(18)19(2)27)9-8-12-23(21-10-4-3-5-11-21)26-24-13-6-7-16-25-24;1-3-4-2/h3-7,10-11,13-17,23H,8-9,12H2,1-2H3,(H,25,26);3-4H2,1-2H3. The summed E-state index contributed by atoms with van der Waals surface area (Å²) < 4.78 is 0. The maximum absolute atomic E-state index is 11.6. The van der Waals surface area contributed by atoms with E-state index in [1.165, 1.54) is 24.0 Å². The number of ketones is 1. The Hall–Kier alpha value is -2.94. The van der Waals surface area contributed by atoms with E-state index in [4.69, 9.17) is 0 Å². The van der Waals surface area contributed by atoms with Gasteiger partial charge in [-0.05, 0) is 61.9 Å². The Kier molecular flexibility index (Phi) is 10.5. The van der Waals surface area contributed by atoms with Crippen molar-refractivity contribution in [1.82, 2.24) is 4.98 Å². The van der Waals surface area contributed by atoms with Crippen LogP contribution in [0.3, 0.4) is 0 Å². The third-order valence-electron chi connectivity index (χ3n) is 5.32.